The number of urea groups is 1. The van der Waals surface area contributed by atoms with Gasteiger partial charge >= 0.3 is 6.03 Å². The molecule has 2 aliphatic heterocycles. The number of ketones is 1. The summed E-state index contributed by atoms with van der Waals surface area (Å²) >= 11 is 0. The van der Waals surface area contributed by atoms with Gasteiger partial charge in [-0.05, 0) is 42.9 Å². The number of Topliss-reactive ketones (excluding diaryl/α,β-unsaturated/α-hetero) is 1. The lowest BCUT2D eigenvalue weighted by Crippen LogP contribution is -2.52. The summed E-state index contributed by atoms with van der Waals surface area (Å²) in [5, 5.41) is 5.31. The normalized spacial score (nSPS) is 21.2. The maximum Gasteiger partial charge on any atom is 0.337 e. The lowest BCUT2D eigenvalue weighted by molar-refractivity contribution is -0.117. The molecule has 0 aromatic heterocycles. The molecular formula is C18H22F2N4O2. The van der Waals surface area contributed by atoms with Gasteiger partial charge in [0, 0.05) is 19.0 Å². The molecular weight excluding hydrogens is 342 g/mol. The molecule has 3 rings (SSSR count). The van der Waals surface area contributed by atoms with Crippen molar-refractivity contribution < 1.29 is 18.4 Å². The van der Waals surface area contributed by atoms with Crippen molar-refractivity contribution in [3.8, 4) is 0 Å². The van der Waals surface area contributed by atoms with Crippen LogP contribution in [-0.4, -0.2) is 47.7 Å². The highest BCUT2D eigenvalue weighted by atomic mass is 19.2. The number of nitrogens with zero attached hydrogens (tertiary/aromatic N) is 3. The van der Waals surface area contributed by atoms with E-state index in [2.05, 4.69) is 10.5 Å². The molecule has 2 amide bonds. The third-order valence-electron chi connectivity index (χ3n) is 4.89. The lowest BCUT2D eigenvalue weighted by Gasteiger charge is -2.34. The van der Waals surface area contributed by atoms with Crippen LogP contribution in [0.5, 0.6) is 0 Å². The summed E-state index contributed by atoms with van der Waals surface area (Å²) in [6.07, 6.45) is 3.49. The van der Waals surface area contributed by atoms with Crippen LogP contribution < -0.4 is 5.43 Å². The van der Waals surface area contributed by atoms with E-state index in [4.69, 9.17) is 0 Å². The van der Waals surface area contributed by atoms with Gasteiger partial charge in [-0.3, -0.25) is 4.79 Å². The van der Waals surface area contributed by atoms with Crippen LogP contribution in [0.3, 0.4) is 0 Å². The van der Waals surface area contributed by atoms with Gasteiger partial charge in [-0.15, -0.1) is 0 Å². The summed E-state index contributed by atoms with van der Waals surface area (Å²) in [7, 11) is 0. The predicted molar refractivity (Wildman–Crippen MR) is 92.3 cm³/mol. The summed E-state index contributed by atoms with van der Waals surface area (Å²) in [5.74, 6) is -1.58. The second kappa shape index (κ2) is 7.80. The van der Waals surface area contributed by atoms with Gasteiger partial charge < -0.3 is 4.90 Å². The van der Waals surface area contributed by atoms with Gasteiger partial charge in [-0.25, -0.2) is 24.1 Å². The average Bonchev–Trinajstić information content (AvgIpc) is 2.62. The molecule has 1 atom stereocenters. The van der Waals surface area contributed by atoms with Gasteiger partial charge in [0.1, 0.15) is 0 Å². The first-order chi connectivity index (χ1) is 12.4. The molecule has 0 saturated carbocycles. The standard InChI is InChI=1S/C18H22F2N4O2/c1-12-11-24(21-10-17(12)25)22-18(26)23-6-4-13(5-7-23)8-14-2-3-15(19)16(20)9-14/h2-3,9-10,12-13H,4-8,11H2,1H3,(H,22,26). The molecule has 26 heavy (non-hydrogen) atoms. The molecule has 0 aliphatic carbocycles. The van der Waals surface area contributed by atoms with Crippen LogP contribution in [0, 0.1) is 23.5 Å². The zero-order valence-corrected chi connectivity index (χ0v) is 14.6. The highest BCUT2D eigenvalue weighted by molar-refractivity contribution is 6.28. The molecule has 8 heteroatoms. The van der Waals surface area contributed by atoms with Crippen molar-refractivity contribution in [1.29, 1.82) is 0 Å². The molecule has 1 aromatic rings. The first-order valence-corrected chi connectivity index (χ1v) is 8.77. The third kappa shape index (κ3) is 4.36. The Hall–Kier alpha value is -2.51. The number of piperidine rings is 1. The van der Waals surface area contributed by atoms with E-state index in [1.807, 2.05) is 0 Å². The van der Waals surface area contributed by atoms with E-state index in [1.54, 1.807) is 17.9 Å². The first-order valence-electron chi connectivity index (χ1n) is 8.77. The number of benzene rings is 1. The summed E-state index contributed by atoms with van der Waals surface area (Å²) < 4.78 is 26.3. The van der Waals surface area contributed by atoms with Crippen molar-refractivity contribution in [1.82, 2.24) is 15.4 Å². The highest BCUT2D eigenvalue weighted by Crippen LogP contribution is 2.22. The average molecular weight is 364 g/mol. The Morgan fingerprint density at radius 1 is 1.27 bits per heavy atom. The second-order valence-corrected chi connectivity index (χ2v) is 6.93. The summed E-state index contributed by atoms with van der Waals surface area (Å²) in [6.45, 7) is 3.32. The molecule has 2 heterocycles. The Labute approximate surface area is 150 Å². The van der Waals surface area contributed by atoms with Gasteiger partial charge in [0.15, 0.2) is 17.4 Å². The maximum absolute atomic E-state index is 13.3. The lowest BCUT2D eigenvalue weighted by atomic mass is 9.90. The van der Waals surface area contributed by atoms with E-state index in [1.165, 1.54) is 17.4 Å². The Bertz CT molecular complexity index is 717. The summed E-state index contributed by atoms with van der Waals surface area (Å²) in [6, 6.07) is 3.76. The van der Waals surface area contributed by atoms with E-state index in [0.29, 0.717) is 32.0 Å². The van der Waals surface area contributed by atoms with E-state index in [-0.39, 0.29) is 17.7 Å². The zero-order chi connectivity index (χ0) is 18.7. The minimum atomic E-state index is -0.836. The maximum atomic E-state index is 13.3. The van der Waals surface area contributed by atoms with E-state index < -0.39 is 11.6 Å². The van der Waals surface area contributed by atoms with Crippen LogP contribution in [0.2, 0.25) is 0 Å². The molecule has 1 aromatic carbocycles. The fourth-order valence-electron chi connectivity index (χ4n) is 3.25. The van der Waals surface area contributed by atoms with Gasteiger partial charge in [0.25, 0.3) is 0 Å². The highest BCUT2D eigenvalue weighted by Gasteiger charge is 2.26. The summed E-state index contributed by atoms with van der Waals surface area (Å²) in [4.78, 5) is 25.4. The van der Waals surface area contributed by atoms with Crippen LogP contribution in [-0.2, 0) is 11.2 Å². The number of likely N-dealkylation sites (tertiary alicyclic amines) is 1. The number of carbonyl (C=O) groups is 2. The molecule has 140 valence electrons. The smallest absolute Gasteiger partial charge is 0.323 e. The number of hydrazine groups is 1. The molecule has 0 spiro atoms. The van der Waals surface area contributed by atoms with Crippen molar-refractivity contribution in [2.24, 2.45) is 16.9 Å². The Morgan fingerprint density at radius 2 is 2.00 bits per heavy atom. The van der Waals surface area contributed by atoms with Crippen LogP contribution in [0.1, 0.15) is 25.3 Å². The molecule has 0 bridgehead atoms. The Balaban J connectivity index is 1.47. The first kappa shape index (κ1) is 18.3. The fourth-order valence-corrected chi connectivity index (χ4v) is 3.25. The fraction of sp³-hybridized carbons (Fsp3) is 0.500. The molecule has 1 saturated heterocycles. The molecule has 1 N–H and O–H groups in total. The number of hydrogen-bond acceptors (Lipinski definition) is 4. The van der Waals surface area contributed by atoms with Crippen LogP contribution in [0.25, 0.3) is 0 Å². The number of hydrazone groups is 1. The zero-order valence-electron chi connectivity index (χ0n) is 14.6. The number of amides is 2. The van der Waals surface area contributed by atoms with Crippen molar-refractivity contribution in [2.75, 3.05) is 19.6 Å². The largest absolute Gasteiger partial charge is 0.337 e. The Kier molecular flexibility index (Phi) is 5.49. The topological polar surface area (TPSA) is 65.0 Å². The summed E-state index contributed by atoms with van der Waals surface area (Å²) in [5.41, 5.74) is 3.47. The van der Waals surface area contributed by atoms with E-state index >= 15 is 0 Å². The van der Waals surface area contributed by atoms with Crippen LogP contribution >= 0.6 is 0 Å². The molecule has 2 aliphatic rings. The third-order valence-corrected chi connectivity index (χ3v) is 4.89. The second-order valence-electron chi connectivity index (χ2n) is 6.93. The minimum absolute atomic E-state index is 0.0476. The number of hydrogen-bond donors (Lipinski definition) is 1. The van der Waals surface area contributed by atoms with Crippen LogP contribution in [0.4, 0.5) is 13.6 Å². The minimum Gasteiger partial charge on any atom is -0.323 e. The number of halogens is 2. The number of nitrogens with one attached hydrogen (secondary N) is 1. The van der Waals surface area contributed by atoms with Gasteiger partial charge in [0.05, 0.1) is 12.8 Å². The predicted octanol–water partition coefficient (Wildman–Crippen LogP) is 2.35. The Morgan fingerprint density at radius 3 is 2.65 bits per heavy atom. The van der Waals surface area contributed by atoms with Crippen molar-refractivity contribution >= 4 is 18.0 Å². The quantitative estimate of drug-likeness (QED) is 0.895. The SMILES string of the molecule is CC1CN(NC(=O)N2CCC(Cc3ccc(F)c(F)c3)CC2)N=CC1=O. The van der Waals surface area contributed by atoms with E-state index in [0.717, 1.165) is 24.5 Å². The molecule has 6 nitrogen and oxygen atoms in total. The molecule has 0 radical (unpaired) electrons. The number of carbonyl (C=O) groups excluding carboxylic acids is 2. The van der Waals surface area contributed by atoms with Gasteiger partial charge in [0.2, 0.25) is 0 Å². The monoisotopic (exact) mass is 364 g/mol. The van der Waals surface area contributed by atoms with Gasteiger partial charge in [-0.2, -0.15) is 5.10 Å². The van der Waals surface area contributed by atoms with E-state index in [9.17, 15) is 18.4 Å². The van der Waals surface area contributed by atoms with Gasteiger partial charge in [-0.1, -0.05) is 13.0 Å². The van der Waals surface area contributed by atoms with Crippen molar-refractivity contribution in [3.63, 3.8) is 0 Å². The molecule has 1 unspecified atom stereocenters. The van der Waals surface area contributed by atoms with Crippen molar-refractivity contribution in [2.45, 2.75) is 26.2 Å². The van der Waals surface area contributed by atoms with Crippen LogP contribution in [0.15, 0.2) is 23.3 Å². The molecule has 1 fully saturated rings. The number of rotatable bonds is 3. The van der Waals surface area contributed by atoms with Crippen molar-refractivity contribution in [3.05, 3.63) is 35.4 Å².